The van der Waals surface area contributed by atoms with Gasteiger partial charge in [0, 0.05) is 18.7 Å². The fraction of sp³-hybridized carbons (Fsp3) is 0.833. The van der Waals surface area contributed by atoms with Crippen LogP contribution in [0.1, 0.15) is 32.1 Å². The Labute approximate surface area is 112 Å². The number of thioether (sulfide) groups is 1. The molecule has 1 atom stereocenters. The van der Waals surface area contributed by atoms with Crippen LogP contribution >= 0.6 is 11.8 Å². The lowest BCUT2D eigenvalue weighted by Gasteiger charge is -2.28. The number of amides is 2. The van der Waals surface area contributed by atoms with Gasteiger partial charge in [-0.05, 0) is 12.8 Å². The maximum atomic E-state index is 12.1. The lowest BCUT2D eigenvalue weighted by Crippen LogP contribution is -2.42. The highest BCUT2D eigenvalue weighted by atomic mass is 32.2. The first-order valence-corrected chi connectivity index (χ1v) is 7.57. The molecule has 3 N–H and O–H groups in total. The van der Waals surface area contributed by atoms with Crippen molar-refractivity contribution in [3.8, 4) is 0 Å². The van der Waals surface area contributed by atoms with Crippen molar-refractivity contribution in [1.29, 1.82) is 0 Å². The molecule has 0 aliphatic carbocycles. The summed E-state index contributed by atoms with van der Waals surface area (Å²) >= 11 is 1.38. The van der Waals surface area contributed by atoms with Crippen molar-refractivity contribution in [2.24, 2.45) is 5.73 Å². The topological polar surface area (TPSA) is 83.6 Å². The van der Waals surface area contributed by atoms with E-state index < -0.39 is 0 Å². The third-order valence-corrected chi connectivity index (χ3v) is 4.09. The van der Waals surface area contributed by atoms with Crippen molar-refractivity contribution in [1.82, 2.24) is 4.90 Å². The van der Waals surface area contributed by atoms with Gasteiger partial charge >= 0.3 is 0 Å². The Hall–Kier alpha value is -0.750. The number of carbonyl (C=O) groups is 2. The number of hydrogen-bond acceptors (Lipinski definition) is 4. The molecule has 1 aliphatic heterocycles. The average molecular weight is 274 g/mol. The number of primary amides is 1. The Balaban J connectivity index is 2.35. The van der Waals surface area contributed by atoms with Gasteiger partial charge in [0.05, 0.1) is 18.4 Å². The lowest BCUT2D eigenvalue weighted by molar-refractivity contribution is -0.133. The van der Waals surface area contributed by atoms with Crippen LogP contribution in [-0.4, -0.2) is 52.5 Å². The van der Waals surface area contributed by atoms with Gasteiger partial charge in [0.1, 0.15) is 0 Å². The molecule has 0 bridgehead atoms. The van der Waals surface area contributed by atoms with Crippen LogP contribution in [0.2, 0.25) is 0 Å². The molecule has 1 heterocycles. The monoisotopic (exact) mass is 274 g/mol. The van der Waals surface area contributed by atoms with Crippen molar-refractivity contribution >= 4 is 23.6 Å². The number of hydrogen-bond donors (Lipinski definition) is 2. The van der Waals surface area contributed by atoms with Crippen LogP contribution in [0.15, 0.2) is 0 Å². The minimum atomic E-state index is -0.351. The molecule has 5 nitrogen and oxygen atoms in total. The highest BCUT2D eigenvalue weighted by Crippen LogP contribution is 2.18. The number of likely N-dealkylation sites (tertiary alicyclic amines) is 1. The fourth-order valence-electron chi connectivity index (χ4n) is 2.17. The summed E-state index contributed by atoms with van der Waals surface area (Å²) in [6.45, 7) is 0.782. The highest BCUT2D eigenvalue weighted by molar-refractivity contribution is 7.99. The zero-order valence-corrected chi connectivity index (χ0v) is 11.5. The second-order valence-corrected chi connectivity index (χ2v) is 5.65. The summed E-state index contributed by atoms with van der Waals surface area (Å²) in [7, 11) is 0. The maximum absolute atomic E-state index is 12.1. The van der Waals surface area contributed by atoms with Crippen LogP contribution < -0.4 is 5.73 Å². The lowest BCUT2D eigenvalue weighted by atomic mass is 10.1. The summed E-state index contributed by atoms with van der Waals surface area (Å²) in [4.78, 5) is 24.4. The molecule has 1 unspecified atom stereocenters. The molecule has 1 aliphatic rings. The Morgan fingerprint density at radius 2 is 2.11 bits per heavy atom. The van der Waals surface area contributed by atoms with E-state index in [4.69, 9.17) is 5.73 Å². The molecule has 1 fully saturated rings. The minimum Gasteiger partial charge on any atom is -0.394 e. The maximum Gasteiger partial charge on any atom is 0.227 e. The molecule has 0 saturated carbocycles. The van der Waals surface area contributed by atoms with E-state index in [0.717, 1.165) is 32.2 Å². The second-order valence-electron chi connectivity index (χ2n) is 4.54. The smallest absolute Gasteiger partial charge is 0.227 e. The van der Waals surface area contributed by atoms with E-state index in [0.29, 0.717) is 12.2 Å². The van der Waals surface area contributed by atoms with Crippen LogP contribution in [-0.2, 0) is 9.59 Å². The molecule has 18 heavy (non-hydrogen) atoms. The summed E-state index contributed by atoms with van der Waals surface area (Å²) < 4.78 is 0. The van der Waals surface area contributed by atoms with Crippen molar-refractivity contribution in [3.63, 3.8) is 0 Å². The second kappa shape index (κ2) is 8.37. The van der Waals surface area contributed by atoms with Gasteiger partial charge in [-0.3, -0.25) is 9.59 Å². The Bertz CT molecular complexity index is 286. The van der Waals surface area contributed by atoms with E-state index in [1.807, 2.05) is 0 Å². The molecule has 0 spiro atoms. The first-order valence-electron chi connectivity index (χ1n) is 6.41. The molecule has 1 rings (SSSR count). The molecule has 2 amide bonds. The summed E-state index contributed by atoms with van der Waals surface area (Å²) in [5.41, 5.74) is 5.03. The van der Waals surface area contributed by atoms with Crippen LogP contribution in [0.5, 0.6) is 0 Å². The Kier molecular flexibility index (Phi) is 7.12. The van der Waals surface area contributed by atoms with E-state index in [-0.39, 0.29) is 30.2 Å². The Morgan fingerprint density at radius 1 is 1.33 bits per heavy atom. The van der Waals surface area contributed by atoms with E-state index in [1.165, 1.54) is 11.8 Å². The zero-order valence-electron chi connectivity index (χ0n) is 10.6. The number of nitrogens with two attached hydrogens (primary N) is 1. The normalized spacial score (nSPS) is 20.5. The van der Waals surface area contributed by atoms with Crippen molar-refractivity contribution in [2.75, 3.05) is 24.7 Å². The molecule has 6 heteroatoms. The molecule has 1 saturated heterocycles. The van der Waals surface area contributed by atoms with Crippen LogP contribution in [0, 0.1) is 0 Å². The van der Waals surface area contributed by atoms with Crippen molar-refractivity contribution < 1.29 is 14.7 Å². The predicted molar refractivity (Wildman–Crippen MR) is 72.2 cm³/mol. The van der Waals surface area contributed by atoms with Gasteiger partial charge in [0.25, 0.3) is 0 Å². The van der Waals surface area contributed by atoms with Crippen molar-refractivity contribution in [2.45, 2.75) is 38.1 Å². The highest BCUT2D eigenvalue weighted by Gasteiger charge is 2.24. The molecule has 0 aromatic carbocycles. The first-order chi connectivity index (χ1) is 8.65. The molecule has 104 valence electrons. The zero-order chi connectivity index (χ0) is 13.4. The molecule has 0 aromatic rings. The quantitative estimate of drug-likeness (QED) is 0.685. The Morgan fingerprint density at radius 3 is 2.78 bits per heavy atom. The third-order valence-electron chi connectivity index (χ3n) is 3.11. The number of carbonyl (C=O) groups excluding carboxylic acids is 2. The number of aliphatic hydroxyl groups excluding tert-OH is 1. The van der Waals surface area contributed by atoms with Gasteiger partial charge in [0.2, 0.25) is 11.8 Å². The number of nitrogens with zero attached hydrogens (tertiary/aromatic N) is 1. The van der Waals surface area contributed by atoms with E-state index in [9.17, 15) is 14.7 Å². The third kappa shape index (κ3) is 5.27. The van der Waals surface area contributed by atoms with Gasteiger partial charge < -0.3 is 15.7 Å². The summed E-state index contributed by atoms with van der Waals surface area (Å²) in [5, 5.41) is 9.32. The summed E-state index contributed by atoms with van der Waals surface area (Å²) in [5.74, 6) is 0.594. The van der Waals surface area contributed by atoms with E-state index in [2.05, 4.69) is 0 Å². The molecular formula is C12H22N2O3S. The predicted octanol–water partition coefficient (Wildman–Crippen LogP) is 0.358. The minimum absolute atomic E-state index is 0.0267. The van der Waals surface area contributed by atoms with Gasteiger partial charge in [-0.2, -0.15) is 11.8 Å². The van der Waals surface area contributed by atoms with Gasteiger partial charge in [-0.25, -0.2) is 0 Å². The standard InChI is InChI=1S/C12H22N2O3S/c13-11(16)9-18-7-5-12(17)14-6-3-1-2-4-10(14)8-15/h10,15H,1-9H2,(H2,13,16). The molecular weight excluding hydrogens is 252 g/mol. The average Bonchev–Trinajstić information content (AvgIpc) is 2.59. The van der Waals surface area contributed by atoms with Crippen LogP contribution in [0.4, 0.5) is 0 Å². The number of rotatable bonds is 6. The number of aliphatic hydroxyl groups is 1. The summed E-state index contributed by atoms with van der Waals surface area (Å²) in [6.07, 6.45) is 4.50. The van der Waals surface area contributed by atoms with Gasteiger partial charge in [-0.1, -0.05) is 12.8 Å². The SMILES string of the molecule is NC(=O)CSCCC(=O)N1CCCCCC1CO. The van der Waals surface area contributed by atoms with Crippen LogP contribution in [0.3, 0.4) is 0 Å². The fourth-order valence-corrected chi connectivity index (χ4v) is 2.84. The first kappa shape index (κ1) is 15.3. The van der Waals surface area contributed by atoms with E-state index >= 15 is 0 Å². The summed E-state index contributed by atoms with van der Waals surface area (Å²) in [6, 6.07) is -0.0267. The van der Waals surface area contributed by atoms with Gasteiger partial charge in [0.15, 0.2) is 0 Å². The molecule has 0 radical (unpaired) electrons. The van der Waals surface area contributed by atoms with Crippen molar-refractivity contribution in [3.05, 3.63) is 0 Å². The largest absolute Gasteiger partial charge is 0.394 e. The molecule has 0 aromatic heterocycles. The van der Waals surface area contributed by atoms with Crippen LogP contribution in [0.25, 0.3) is 0 Å². The van der Waals surface area contributed by atoms with E-state index in [1.54, 1.807) is 4.90 Å². The van der Waals surface area contributed by atoms with Gasteiger partial charge in [-0.15, -0.1) is 0 Å².